The number of anilines is 1. The molecule has 0 saturated carbocycles. The third kappa shape index (κ3) is 4.53. The number of carbonyl (C=O) groups is 1. The minimum atomic E-state index is -0.907. The van der Waals surface area contributed by atoms with Crippen molar-refractivity contribution in [3.63, 3.8) is 0 Å². The lowest BCUT2D eigenvalue weighted by molar-refractivity contribution is 0.0697. The summed E-state index contributed by atoms with van der Waals surface area (Å²) in [5.74, 6) is -0.0587. The van der Waals surface area contributed by atoms with Crippen molar-refractivity contribution in [1.82, 2.24) is 0 Å². The van der Waals surface area contributed by atoms with Crippen molar-refractivity contribution >= 4 is 11.7 Å². The number of nitrogens with one attached hydrogen (secondary N) is 1. The number of benzene rings is 2. The number of hydrogen-bond donors (Lipinski definition) is 2. The van der Waals surface area contributed by atoms with Gasteiger partial charge in [-0.15, -0.1) is 0 Å². The van der Waals surface area contributed by atoms with Crippen LogP contribution in [-0.2, 0) is 6.54 Å². The molecule has 0 saturated heterocycles. The van der Waals surface area contributed by atoms with Crippen molar-refractivity contribution in [3.05, 3.63) is 59.7 Å². The highest BCUT2D eigenvalue weighted by Gasteiger charge is 2.02. The molecule has 0 atom stereocenters. The van der Waals surface area contributed by atoms with Crippen LogP contribution in [0.15, 0.2) is 48.5 Å². The van der Waals surface area contributed by atoms with Gasteiger partial charge < -0.3 is 15.2 Å². The Bertz CT molecular complexity index is 588. The normalized spacial score (nSPS) is 10.4. The second kappa shape index (κ2) is 6.79. The molecule has 0 radical (unpaired) electrons. The lowest BCUT2D eigenvalue weighted by atomic mass is 10.1. The minimum absolute atomic E-state index is 0.163. The van der Waals surface area contributed by atoms with Crippen LogP contribution in [0.4, 0.5) is 5.69 Å². The van der Waals surface area contributed by atoms with E-state index in [1.165, 1.54) is 0 Å². The first kappa shape index (κ1) is 14.9. The zero-order valence-corrected chi connectivity index (χ0v) is 12.2. The Labute approximate surface area is 124 Å². The first-order valence-corrected chi connectivity index (χ1v) is 6.87. The Kier molecular flexibility index (Phi) is 4.82. The maximum Gasteiger partial charge on any atom is 0.335 e. The van der Waals surface area contributed by atoms with Crippen LogP contribution in [0.1, 0.15) is 29.8 Å². The monoisotopic (exact) mass is 285 g/mol. The van der Waals surface area contributed by atoms with E-state index < -0.39 is 5.97 Å². The summed E-state index contributed by atoms with van der Waals surface area (Å²) < 4.78 is 5.58. The topological polar surface area (TPSA) is 58.6 Å². The quantitative estimate of drug-likeness (QED) is 0.848. The van der Waals surface area contributed by atoms with E-state index >= 15 is 0 Å². The molecule has 0 unspecified atom stereocenters. The first-order valence-electron chi connectivity index (χ1n) is 6.87. The zero-order chi connectivity index (χ0) is 15.2. The molecule has 0 amide bonds. The molecule has 2 aromatic rings. The van der Waals surface area contributed by atoms with Crippen LogP contribution < -0.4 is 10.1 Å². The van der Waals surface area contributed by atoms with Gasteiger partial charge in [-0.3, -0.25) is 0 Å². The van der Waals surface area contributed by atoms with Gasteiger partial charge in [0, 0.05) is 12.2 Å². The van der Waals surface area contributed by atoms with E-state index in [4.69, 9.17) is 9.84 Å². The molecule has 4 heteroatoms. The highest BCUT2D eigenvalue weighted by molar-refractivity contribution is 5.87. The van der Waals surface area contributed by atoms with Gasteiger partial charge in [-0.25, -0.2) is 4.79 Å². The summed E-state index contributed by atoms with van der Waals surface area (Å²) in [6, 6.07) is 14.6. The maximum absolute atomic E-state index is 10.8. The molecule has 2 N–H and O–H groups in total. The van der Waals surface area contributed by atoms with E-state index in [1.807, 2.05) is 50.2 Å². The van der Waals surface area contributed by atoms with E-state index in [2.05, 4.69) is 5.32 Å². The Morgan fingerprint density at radius 2 is 1.71 bits per heavy atom. The van der Waals surface area contributed by atoms with Crippen molar-refractivity contribution in [2.24, 2.45) is 0 Å². The number of hydrogen-bond acceptors (Lipinski definition) is 3. The van der Waals surface area contributed by atoms with Crippen LogP contribution in [-0.4, -0.2) is 17.2 Å². The molecule has 0 fully saturated rings. The van der Waals surface area contributed by atoms with Gasteiger partial charge in [0.15, 0.2) is 0 Å². The van der Waals surface area contributed by atoms with Gasteiger partial charge >= 0.3 is 5.97 Å². The first-order chi connectivity index (χ1) is 10.0. The zero-order valence-electron chi connectivity index (χ0n) is 12.2. The second-order valence-corrected chi connectivity index (χ2v) is 5.05. The van der Waals surface area contributed by atoms with Crippen LogP contribution in [0.25, 0.3) is 0 Å². The Morgan fingerprint density at radius 3 is 2.24 bits per heavy atom. The summed E-state index contributed by atoms with van der Waals surface area (Å²) in [6.45, 7) is 4.63. The third-order valence-electron chi connectivity index (χ3n) is 2.92. The largest absolute Gasteiger partial charge is 0.491 e. The molecule has 0 aliphatic carbocycles. The van der Waals surface area contributed by atoms with Crippen molar-refractivity contribution < 1.29 is 14.6 Å². The van der Waals surface area contributed by atoms with Gasteiger partial charge in [0.25, 0.3) is 0 Å². The summed E-state index contributed by atoms with van der Waals surface area (Å²) in [5, 5.41) is 12.1. The van der Waals surface area contributed by atoms with Gasteiger partial charge in [-0.05, 0) is 55.8 Å². The van der Waals surface area contributed by atoms with E-state index in [1.54, 1.807) is 12.1 Å². The van der Waals surface area contributed by atoms with Crippen LogP contribution in [0.3, 0.4) is 0 Å². The third-order valence-corrected chi connectivity index (χ3v) is 2.92. The van der Waals surface area contributed by atoms with Gasteiger partial charge in [0.1, 0.15) is 5.75 Å². The number of rotatable bonds is 6. The van der Waals surface area contributed by atoms with Crippen LogP contribution in [0.5, 0.6) is 5.75 Å². The van der Waals surface area contributed by atoms with Crippen LogP contribution in [0.2, 0.25) is 0 Å². The Morgan fingerprint density at radius 1 is 1.10 bits per heavy atom. The highest BCUT2D eigenvalue weighted by atomic mass is 16.5. The molecule has 0 heterocycles. The van der Waals surface area contributed by atoms with Crippen molar-refractivity contribution in [2.75, 3.05) is 5.32 Å². The average Bonchev–Trinajstić information content (AvgIpc) is 2.46. The standard InChI is InChI=1S/C17H19NO3/c1-12(2)21-16-9-7-15(8-10-16)18-11-13-3-5-14(6-4-13)17(19)20/h3-10,12,18H,11H2,1-2H3,(H,19,20). The SMILES string of the molecule is CC(C)Oc1ccc(NCc2ccc(C(=O)O)cc2)cc1. The van der Waals surface area contributed by atoms with E-state index in [9.17, 15) is 4.79 Å². The Hall–Kier alpha value is -2.49. The maximum atomic E-state index is 10.8. The average molecular weight is 285 g/mol. The fourth-order valence-electron chi connectivity index (χ4n) is 1.89. The molecular weight excluding hydrogens is 266 g/mol. The van der Waals surface area contributed by atoms with Crippen molar-refractivity contribution in [3.8, 4) is 5.75 Å². The minimum Gasteiger partial charge on any atom is -0.491 e. The fourth-order valence-corrected chi connectivity index (χ4v) is 1.89. The molecule has 0 spiro atoms. The molecule has 0 bridgehead atoms. The van der Waals surface area contributed by atoms with Gasteiger partial charge in [0.2, 0.25) is 0 Å². The Balaban J connectivity index is 1.91. The number of carboxylic acid groups (broad SMARTS) is 1. The predicted molar refractivity (Wildman–Crippen MR) is 82.9 cm³/mol. The lowest BCUT2D eigenvalue weighted by Crippen LogP contribution is -2.05. The van der Waals surface area contributed by atoms with Gasteiger partial charge in [-0.2, -0.15) is 0 Å². The summed E-state index contributed by atoms with van der Waals surface area (Å²) >= 11 is 0. The second-order valence-electron chi connectivity index (χ2n) is 5.05. The van der Waals surface area contributed by atoms with E-state index in [0.29, 0.717) is 12.1 Å². The fraction of sp³-hybridized carbons (Fsp3) is 0.235. The number of ether oxygens (including phenoxy) is 1. The summed E-state index contributed by atoms with van der Waals surface area (Å²) in [5.41, 5.74) is 2.32. The van der Waals surface area contributed by atoms with Crippen molar-refractivity contribution in [1.29, 1.82) is 0 Å². The smallest absolute Gasteiger partial charge is 0.335 e. The summed E-state index contributed by atoms with van der Waals surface area (Å²) in [6.07, 6.45) is 0.163. The molecule has 4 nitrogen and oxygen atoms in total. The van der Waals surface area contributed by atoms with E-state index in [0.717, 1.165) is 17.0 Å². The van der Waals surface area contributed by atoms with Gasteiger partial charge in [0.05, 0.1) is 11.7 Å². The molecule has 2 aromatic carbocycles. The van der Waals surface area contributed by atoms with Crippen molar-refractivity contribution in [2.45, 2.75) is 26.5 Å². The van der Waals surface area contributed by atoms with Crippen LogP contribution >= 0.6 is 0 Å². The molecule has 21 heavy (non-hydrogen) atoms. The van der Waals surface area contributed by atoms with Crippen LogP contribution in [0, 0.1) is 0 Å². The lowest BCUT2D eigenvalue weighted by Gasteiger charge is -2.11. The molecule has 0 aliphatic heterocycles. The molecule has 2 rings (SSSR count). The summed E-state index contributed by atoms with van der Waals surface area (Å²) in [4.78, 5) is 10.8. The van der Waals surface area contributed by atoms with Gasteiger partial charge in [-0.1, -0.05) is 12.1 Å². The molecule has 0 aliphatic rings. The molecular formula is C17H19NO3. The molecule has 0 aromatic heterocycles. The molecule has 110 valence electrons. The number of aromatic carboxylic acids is 1. The van der Waals surface area contributed by atoms with E-state index in [-0.39, 0.29) is 6.10 Å². The summed E-state index contributed by atoms with van der Waals surface area (Å²) in [7, 11) is 0. The highest BCUT2D eigenvalue weighted by Crippen LogP contribution is 2.17. The predicted octanol–water partition coefficient (Wildman–Crippen LogP) is 3.78. The number of carboxylic acids is 1.